The third-order valence-electron chi connectivity index (χ3n) is 8.61. The largest absolute Gasteiger partial charge is 0.490 e. The van der Waals surface area contributed by atoms with Crippen LogP contribution in [0.5, 0.6) is 11.5 Å². The number of benzene rings is 4. The third-order valence-corrected chi connectivity index (χ3v) is 9.18. The first-order chi connectivity index (χ1) is 22.7. The van der Waals surface area contributed by atoms with Crippen molar-refractivity contribution in [1.82, 2.24) is 15.5 Å². The molecular weight excluding hydrogens is 683 g/mol. The molecule has 0 bridgehead atoms. The lowest BCUT2D eigenvalue weighted by atomic mass is 9.91. The van der Waals surface area contributed by atoms with Crippen LogP contribution in [0.25, 0.3) is 10.8 Å². The molecule has 7 nitrogen and oxygen atoms in total. The molecule has 0 spiro atoms. The Hall–Kier alpha value is -3.63. The SMILES string of the molecule is Cc1cc(Cl)c(OCCOc2ccc(C(=O)NC3CCNCC3C(=O)N(Cc3ccc(F)c4ccccc34)C3CC3)c(F)c2)c(Cl)c1.Cl. The summed E-state index contributed by atoms with van der Waals surface area (Å²) in [7, 11) is 0. The minimum absolute atomic E-state index is 0. The highest BCUT2D eigenvalue weighted by Gasteiger charge is 2.40. The summed E-state index contributed by atoms with van der Waals surface area (Å²) in [5.41, 5.74) is 1.63. The van der Waals surface area contributed by atoms with E-state index in [4.69, 9.17) is 32.7 Å². The number of piperidine rings is 1. The molecule has 1 aliphatic carbocycles. The monoisotopic (exact) mass is 717 g/mol. The minimum atomic E-state index is -0.745. The van der Waals surface area contributed by atoms with Gasteiger partial charge >= 0.3 is 0 Å². The number of hydrogen-bond donors (Lipinski definition) is 2. The standard InChI is InChI=1S/C36H35Cl2F2N3O4.ClH/c1-21-16-29(37)34(30(38)17-21)47-15-14-46-24-9-10-27(32(40)18-24)35(44)42-33-12-13-41-19-28(33)36(45)43(23-7-8-23)20-22-6-11-31(39)26-5-3-2-4-25(22)26;/h2-6,9-11,16-18,23,28,33,41H,7-8,12-15,19-20H2,1H3,(H,42,44);1H. The molecule has 1 aliphatic heterocycles. The highest BCUT2D eigenvalue weighted by molar-refractivity contribution is 6.37. The predicted molar refractivity (Wildman–Crippen MR) is 186 cm³/mol. The summed E-state index contributed by atoms with van der Waals surface area (Å²) in [5, 5.41) is 8.25. The van der Waals surface area contributed by atoms with E-state index < -0.39 is 23.7 Å². The maximum absolute atomic E-state index is 15.1. The van der Waals surface area contributed by atoms with Crippen molar-refractivity contribution in [2.75, 3.05) is 26.3 Å². The second-order valence-electron chi connectivity index (χ2n) is 12.0. The minimum Gasteiger partial charge on any atom is -0.490 e. The fourth-order valence-corrected chi connectivity index (χ4v) is 6.77. The van der Waals surface area contributed by atoms with Crippen molar-refractivity contribution in [2.24, 2.45) is 5.92 Å². The zero-order valence-corrected chi connectivity index (χ0v) is 28.6. The van der Waals surface area contributed by atoms with Gasteiger partial charge < -0.3 is 25.0 Å². The first-order valence-corrected chi connectivity index (χ1v) is 16.4. The number of ether oxygens (including phenoxy) is 2. The van der Waals surface area contributed by atoms with Crippen LogP contribution in [-0.4, -0.2) is 55.1 Å². The summed E-state index contributed by atoms with van der Waals surface area (Å²) in [6.45, 7) is 3.41. The number of hydrogen-bond acceptors (Lipinski definition) is 5. The van der Waals surface area contributed by atoms with Crippen LogP contribution in [0.1, 0.15) is 40.7 Å². The van der Waals surface area contributed by atoms with Crippen LogP contribution < -0.4 is 20.1 Å². The number of fused-ring (bicyclic) bond motifs is 1. The van der Waals surface area contributed by atoms with E-state index in [0.717, 1.165) is 35.4 Å². The van der Waals surface area contributed by atoms with Crippen LogP contribution in [0, 0.1) is 24.5 Å². The van der Waals surface area contributed by atoms with Crippen LogP contribution in [0.15, 0.2) is 66.7 Å². The molecule has 1 heterocycles. The summed E-state index contributed by atoms with van der Waals surface area (Å²) in [6.07, 6.45) is 2.29. The molecule has 1 saturated carbocycles. The van der Waals surface area contributed by atoms with Gasteiger partial charge in [-0.2, -0.15) is 0 Å². The van der Waals surface area contributed by atoms with Crippen molar-refractivity contribution >= 4 is 58.2 Å². The quantitative estimate of drug-likeness (QED) is 0.157. The Morgan fingerprint density at radius 2 is 1.62 bits per heavy atom. The van der Waals surface area contributed by atoms with Gasteiger partial charge in [0.1, 0.15) is 30.6 Å². The molecule has 2 fully saturated rings. The summed E-state index contributed by atoms with van der Waals surface area (Å²) in [4.78, 5) is 29.2. The Balaban J connectivity index is 0.00000451. The van der Waals surface area contributed by atoms with E-state index in [2.05, 4.69) is 10.6 Å². The summed E-state index contributed by atoms with van der Waals surface area (Å²) < 4.78 is 40.9. The molecule has 1 saturated heterocycles. The van der Waals surface area contributed by atoms with Crippen LogP contribution in [0.2, 0.25) is 10.0 Å². The highest BCUT2D eigenvalue weighted by Crippen LogP contribution is 2.35. The lowest BCUT2D eigenvalue weighted by Gasteiger charge is -2.36. The average molecular weight is 719 g/mol. The number of aryl methyl sites for hydroxylation is 1. The molecule has 0 radical (unpaired) electrons. The van der Waals surface area contributed by atoms with E-state index in [9.17, 15) is 14.0 Å². The predicted octanol–water partition coefficient (Wildman–Crippen LogP) is 7.51. The zero-order valence-electron chi connectivity index (χ0n) is 26.2. The number of nitrogens with one attached hydrogen (secondary N) is 2. The molecule has 4 aromatic rings. The Bertz CT molecular complexity index is 1780. The average Bonchev–Trinajstić information content (AvgIpc) is 3.89. The van der Waals surface area contributed by atoms with Crippen LogP contribution in [0.3, 0.4) is 0 Å². The molecule has 4 aromatic carbocycles. The van der Waals surface area contributed by atoms with Gasteiger partial charge in [-0.3, -0.25) is 9.59 Å². The maximum atomic E-state index is 15.1. The molecule has 6 rings (SSSR count). The maximum Gasteiger partial charge on any atom is 0.254 e. The van der Waals surface area contributed by atoms with Crippen LogP contribution in [-0.2, 0) is 11.3 Å². The van der Waals surface area contributed by atoms with Gasteiger partial charge in [-0.25, -0.2) is 8.78 Å². The molecule has 0 aromatic heterocycles. The fourth-order valence-electron chi connectivity index (χ4n) is 6.07. The Labute approximate surface area is 294 Å². The van der Waals surface area contributed by atoms with Crippen molar-refractivity contribution in [3.05, 3.63) is 105 Å². The molecular formula is C36H36Cl3F2N3O4. The Morgan fingerprint density at radius 1 is 0.917 bits per heavy atom. The van der Waals surface area contributed by atoms with Crippen molar-refractivity contribution in [3.63, 3.8) is 0 Å². The molecule has 48 heavy (non-hydrogen) atoms. The highest BCUT2D eigenvalue weighted by atomic mass is 35.5. The van der Waals surface area contributed by atoms with Gasteiger partial charge in [0.2, 0.25) is 5.91 Å². The summed E-state index contributed by atoms with van der Waals surface area (Å²) in [6, 6.07) is 17.5. The molecule has 254 valence electrons. The van der Waals surface area contributed by atoms with Gasteiger partial charge in [0, 0.05) is 36.6 Å². The lowest BCUT2D eigenvalue weighted by Crippen LogP contribution is -2.55. The molecule has 2 atom stereocenters. The molecule has 12 heteroatoms. The summed E-state index contributed by atoms with van der Waals surface area (Å²) in [5.74, 6) is -1.70. The topological polar surface area (TPSA) is 79.9 Å². The lowest BCUT2D eigenvalue weighted by molar-refractivity contribution is -0.138. The van der Waals surface area contributed by atoms with E-state index in [1.807, 2.05) is 24.0 Å². The van der Waals surface area contributed by atoms with Gasteiger partial charge in [-0.05, 0) is 79.6 Å². The Kier molecular flexibility index (Phi) is 11.7. The van der Waals surface area contributed by atoms with Crippen molar-refractivity contribution < 1.29 is 27.8 Å². The van der Waals surface area contributed by atoms with Gasteiger partial charge in [-0.15, -0.1) is 12.4 Å². The van der Waals surface area contributed by atoms with Gasteiger partial charge in [-0.1, -0.05) is 53.5 Å². The normalized spacial score (nSPS) is 17.4. The molecule has 2 amide bonds. The number of carbonyl (C=O) groups excluding carboxylic acids is 2. The van der Waals surface area contributed by atoms with Crippen LogP contribution in [0.4, 0.5) is 8.78 Å². The first-order valence-electron chi connectivity index (χ1n) is 15.7. The van der Waals surface area contributed by atoms with Crippen LogP contribution >= 0.6 is 35.6 Å². The van der Waals surface area contributed by atoms with Gasteiger partial charge in [0.05, 0.1) is 21.5 Å². The number of halogens is 5. The van der Waals surface area contributed by atoms with Gasteiger partial charge in [0.15, 0.2) is 5.75 Å². The molecule has 2 N–H and O–H groups in total. The van der Waals surface area contributed by atoms with E-state index in [1.165, 1.54) is 18.2 Å². The number of carbonyl (C=O) groups is 2. The van der Waals surface area contributed by atoms with Crippen molar-refractivity contribution in [3.8, 4) is 11.5 Å². The Morgan fingerprint density at radius 3 is 2.33 bits per heavy atom. The van der Waals surface area contributed by atoms with E-state index >= 15 is 4.39 Å². The smallest absolute Gasteiger partial charge is 0.254 e. The summed E-state index contributed by atoms with van der Waals surface area (Å²) >= 11 is 12.4. The van der Waals surface area contributed by atoms with E-state index in [-0.39, 0.29) is 54.7 Å². The zero-order chi connectivity index (χ0) is 33.1. The fraction of sp³-hybridized carbons (Fsp3) is 0.333. The molecule has 2 aliphatic rings. The van der Waals surface area contributed by atoms with Crippen molar-refractivity contribution in [2.45, 2.75) is 44.8 Å². The second kappa shape index (κ2) is 15.7. The van der Waals surface area contributed by atoms with E-state index in [0.29, 0.717) is 47.2 Å². The molecule has 2 unspecified atom stereocenters. The third kappa shape index (κ3) is 8.14. The number of rotatable bonds is 11. The van der Waals surface area contributed by atoms with E-state index in [1.54, 1.807) is 30.3 Å². The second-order valence-corrected chi connectivity index (χ2v) is 12.8. The van der Waals surface area contributed by atoms with Gasteiger partial charge in [0.25, 0.3) is 5.91 Å². The number of amides is 2. The van der Waals surface area contributed by atoms with Crippen molar-refractivity contribution in [1.29, 1.82) is 0 Å². The first kappa shape index (κ1) is 35.7. The number of nitrogens with zero attached hydrogens (tertiary/aromatic N) is 1.